The molecule has 0 heterocycles. The van der Waals surface area contributed by atoms with E-state index in [1.807, 2.05) is 16.2 Å². The Morgan fingerprint density at radius 3 is 2.58 bits per heavy atom. The van der Waals surface area contributed by atoms with Crippen LogP contribution in [0.5, 0.6) is 0 Å². The maximum absolute atomic E-state index is 3.86. The van der Waals surface area contributed by atoms with E-state index in [0.717, 1.165) is 6.54 Å². The second kappa shape index (κ2) is 6.46. The van der Waals surface area contributed by atoms with Crippen molar-refractivity contribution in [1.82, 2.24) is 0 Å². The fourth-order valence-corrected chi connectivity index (χ4v) is 1.38. The Morgan fingerprint density at radius 2 is 2.00 bits per heavy atom. The molecular formula is C9H11ClIN. The topological polar surface area (TPSA) is 27.6 Å². The molecule has 3 heteroatoms. The molecule has 12 heavy (non-hydrogen) atoms. The largest absolute Gasteiger partial charge is 1.00 e. The number of rotatable bonds is 2. The summed E-state index contributed by atoms with van der Waals surface area (Å²) in [4.78, 5) is 0. The van der Waals surface area contributed by atoms with E-state index < -0.39 is 0 Å². The van der Waals surface area contributed by atoms with Gasteiger partial charge in [0.25, 0.3) is 0 Å². The Balaban J connectivity index is 0.00000121. The molecule has 66 valence electrons. The van der Waals surface area contributed by atoms with E-state index in [1.54, 1.807) is 0 Å². The average molecular weight is 296 g/mol. The molecule has 0 fully saturated rings. The van der Waals surface area contributed by atoms with Crippen LogP contribution in [0.3, 0.4) is 0 Å². The maximum atomic E-state index is 3.86. The van der Waals surface area contributed by atoms with E-state index in [1.165, 1.54) is 11.1 Å². The molecule has 0 saturated heterocycles. The Labute approximate surface area is 92.6 Å². The van der Waals surface area contributed by atoms with Gasteiger partial charge in [-0.15, -0.1) is 0 Å². The molecule has 1 aromatic carbocycles. The van der Waals surface area contributed by atoms with Crippen molar-refractivity contribution in [2.75, 3.05) is 0 Å². The highest BCUT2D eigenvalue weighted by Crippen LogP contribution is 2.09. The van der Waals surface area contributed by atoms with Crippen LogP contribution in [0, 0.1) is 0 Å². The molecular weight excluding hydrogens is 284 g/mol. The minimum atomic E-state index is 0. The molecule has 0 aliphatic heterocycles. The van der Waals surface area contributed by atoms with Crippen LogP contribution < -0.4 is 18.1 Å². The predicted octanol–water partition coefficient (Wildman–Crippen LogP) is -1.16. The second-order valence-electron chi connectivity index (χ2n) is 2.24. The minimum Gasteiger partial charge on any atom is -1.00 e. The highest BCUT2D eigenvalue weighted by Gasteiger charge is 1.95. The molecule has 3 N–H and O–H groups in total. The van der Waals surface area contributed by atoms with Gasteiger partial charge in [-0.2, -0.15) is 0 Å². The molecule has 0 atom stereocenters. The van der Waals surface area contributed by atoms with Crippen molar-refractivity contribution in [3.05, 3.63) is 39.5 Å². The summed E-state index contributed by atoms with van der Waals surface area (Å²) in [6.07, 6.45) is 2.10. The zero-order valence-corrected chi connectivity index (χ0v) is 9.55. The zero-order chi connectivity index (χ0) is 8.10. The SMILES string of the molecule is [Cl-].[NH3+]Cc1ccccc1/C=C\I. The summed E-state index contributed by atoms with van der Waals surface area (Å²) in [5.74, 6) is 0. The molecule has 1 rings (SSSR count). The monoisotopic (exact) mass is 295 g/mol. The number of hydrogen-bond acceptors (Lipinski definition) is 0. The summed E-state index contributed by atoms with van der Waals surface area (Å²) in [6, 6.07) is 8.31. The number of quaternary nitrogens is 1. The molecule has 1 nitrogen and oxygen atoms in total. The molecule has 0 radical (unpaired) electrons. The average Bonchev–Trinajstić information content (AvgIpc) is 2.06. The van der Waals surface area contributed by atoms with Crippen LogP contribution in [-0.2, 0) is 6.54 Å². The summed E-state index contributed by atoms with van der Waals surface area (Å²) < 4.78 is 2.02. The highest BCUT2D eigenvalue weighted by molar-refractivity contribution is 14.1. The fourth-order valence-electron chi connectivity index (χ4n) is 0.992. The number of hydrogen-bond donors (Lipinski definition) is 1. The van der Waals surface area contributed by atoms with Crippen LogP contribution in [0.25, 0.3) is 6.08 Å². The van der Waals surface area contributed by atoms with Gasteiger partial charge in [0.05, 0.1) is 0 Å². The molecule has 1 aromatic rings. The van der Waals surface area contributed by atoms with Gasteiger partial charge >= 0.3 is 0 Å². The first-order valence-electron chi connectivity index (χ1n) is 3.52. The summed E-state index contributed by atoms with van der Waals surface area (Å²) in [5, 5.41) is 0. The second-order valence-corrected chi connectivity index (χ2v) is 2.96. The number of halogens is 2. The molecule has 0 aliphatic carbocycles. The Bertz CT molecular complexity index is 260. The Hall–Kier alpha value is -0.0600. The number of benzene rings is 1. The van der Waals surface area contributed by atoms with E-state index in [0.29, 0.717) is 0 Å². The third-order valence-electron chi connectivity index (χ3n) is 1.57. The summed E-state index contributed by atoms with van der Waals surface area (Å²) in [7, 11) is 0. The minimum absolute atomic E-state index is 0. The van der Waals surface area contributed by atoms with Gasteiger partial charge in [-0.3, -0.25) is 0 Å². The summed E-state index contributed by atoms with van der Waals surface area (Å²) in [6.45, 7) is 0.858. The third-order valence-corrected chi connectivity index (χ3v) is 1.93. The van der Waals surface area contributed by atoms with Crippen LogP contribution in [0.15, 0.2) is 28.3 Å². The molecule has 0 aliphatic rings. The zero-order valence-electron chi connectivity index (χ0n) is 6.63. The van der Waals surface area contributed by atoms with Crippen molar-refractivity contribution in [3.63, 3.8) is 0 Å². The molecule has 0 spiro atoms. The van der Waals surface area contributed by atoms with Crippen LogP contribution in [0.4, 0.5) is 0 Å². The van der Waals surface area contributed by atoms with Gasteiger partial charge in [0, 0.05) is 5.56 Å². The van der Waals surface area contributed by atoms with Gasteiger partial charge in [0.15, 0.2) is 0 Å². The summed E-state index contributed by atoms with van der Waals surface area (Å²) >= 11 is 2.22. The maximum Gasteiger partial charge on any atom is 0.100 e. The lowest BCUT2D eigenvalue weighted by Crippen LogP contribution is -3.00. The molecule has 0 bridgehead atoms. The van der Waals surface area contributed by atoms with Crippen molar-refractivity contribution < 1.29 is 18.1 Å². The van der Waals surface area contributed by atoms with Gasteiger partial charge in [0.1, 0.15) is 6.54 Å². The standard InChI is InChI=1S/C9H10IN.ClH/c10-6-5-8-3-1-2-4-9(8)7-11;/h1-6H,7,11H2;1H/b6-5-;. The smallest absolute Gasteiger partial charge is 0.100 e. The first-order chi connectivity index (χ1) is 5.38. The van der Waals surface area contributed by atoms with E-state index in [-0.39, 0.29) is 12.4 Å². The van der Waals surface area contributed by atoms with Crippen molar-refractivity contribution in [2.45, 2.75) is 6.54 Å². The fraction of sp³-hybridized carbons (Fsp3) is 0.111. The van der Waals surface area contributed by atoms with E-state index in [9.17, 15) is 0 Å². The van der Waals surface area contributed by atoms with Crippen LogP contribution in [0.2, 0.25) is 0 Å². The predicted molar refractivity (Wildman–Crippen MR) is 56.1 cm³/mol. The quantitative estimate of drug-likeness (QED) is 0.667. The molecule has 0 amide bonds. The lowest BCUT2D eigenvalue weighted by Gasteiger charge is -1.98. The van der Waals surface area contributed by atoms with Gasteiger partial charge in [0.2, 0.25) is 0 Å². The molecule has 0 unspecified atom stereocenters. The van der Waals surface area contributed by atoms with Gasteiger partial charge < -0.3 is 18.1 Å². The van der Waals surface area contributed by atoms with Crippen molar-refractivity contribution in [2.24, 2.45) is 0 Å². The Morgan fingerprint density at radius 1 is 1.33 bits per heavy atom. The first kappa shape index (κ1) is 11.9. The molecule has 0 aromatic heterocycles. The van der Waals surface area contributed by atoms with E-state index >= 15 is 0 Å². The van der Waals surface area contributed by atoms with E-state index in [2.05, 4.69) is 46.5 Å². The van der Waals surface area contributed by atoms with Crippen LogP contribution in [-0.4, -0.2) is 0 Å². The molecule has 0 saturated carbocycles. The first-order valence-corrected chi connectivity index (χ1v) is 4.77. The lowest BCUT2D eigenvalue weighted by molar-refractivity contribution is -0.386. The normalized spacial score (nSPS) is 9.83. The lowest BCUT2D eigenvalue weighted by atomic mass is 10.1. The van der Waals surface area contributed by atoms with Crippen molar-refractivity contribution in [3.8, 4) is 0 Å². The van der Waals surface area contributed by atoms with Crippen molar-refractivity contribution in [1.29, 1.82) is 0 Å². The van der Waals surface area contributed by atoms with Crippen LogP contribution in [0.1, 0.15) is 11.1 Å². The van der Waals surface area contributed by atoms with E-state index in [4.69, 9.17) is 0 Å². The third kappa shape index (κ3) is 3.13. The van der Waals surface area contributed by atoms with Gasteiger partial charge in [-0.1, -0.05) is 46.9 Å². The van der Waals surface area contributed by atoms with Crippen LogP contribution >= 0.6 is 22.6 Å². The Kier molecular flexibility index (Phi) is 6.42. The van der Waals surface area contributed by atoms with Crippen molar-refractivity contribution >= 4 is 28.7 Å². The van der Waals surface area contributed by atoms with Gasteiger partial charge in [-0.05, 0) is 15.7 Å². The van der Waals surface area contributed by atoms with Gasteiger partial charge in [-0.25, -0.2) is 0 Å². The summed E-state index contributed by atoms with van der Waals surface area (Å²) in [5.41, 5.74) is 6.44. The highest BCUT2D eigenvalue weighted by atomic mass is 127.